The van der Waals surface area contributed by atoms with Crippen molar-refractivity contribution in [2.75, 3.05) is 13.1 Å². The molecule has 4 rings (SSSR count). The van der Waals surface area contributed by atoms with Crippen molar-refractivity contribution in [3.63, 3.8) is 0 Å². The standard InChI is InChI=1S/C18H17N5O2/c24-18(14-5-2-8-20-11-14)23-9-3-6-15(12-23)17-21-16(22-25-17)13-4-1-7-19-10-13/h1-2,4-5,7-8,10-11,15H,3,6,9,12H2/t15-/m1/s1. The van der Waals surface area contributed by atoms with E-state index in [4.69, 9.17) is 4.52 Å². The number of hydrogen-bond acceptors (Lipinski definition) is 6. The van der Waals surface area contributed by atoms with E-state index in [1.807, 2.05) is 17.0 Å². The average molecular weight is 335 g/mol. The van der Waals surface area contributed by atoms with Crippen molar-refractivity contribution >= 4 is 5.91 Å². The van der Waals surface area contributed by atoms with E-state index in [-0.39, 0.29) is 11.8 Å². The van der Waals surface area contributed by atoms with Gasteiger partial charge in [0.15, 0.2) is 0 Å². The first-order valence-corrected chi connectivity index (χ1v) is 8.24. The number of carbonyl (C=O) groups is 1. The second-order valence-corrected chi connectivity index (χ2v) is 6.03. The molecule has 7 nitrogen and oxygen atoms in total. The minimum absolute atomic E-state index is 0.00945. The van der Waals surface area contributed by atoms with Crippen LogP contribution in [0, 0.1) is 0 Å². The summed E-state index contributed by atoms with van der Waals surface area (Å²) in [4.78, 5) is 27.0. The van der Waals surface area contributed by atoms with Crippen molar-refractivity contribution in [3.8, 4) is 11.4 Å². The highest BCUT2D eigenvalue weighted by atomic mass is 16.5. The molecule has 0 spiro atoms. The molecule has 1 aliphatic heterocycles. The van der Waals surface area contributed by atoms with Crippen LogP contribution >= 0.6 is 0 Å². The first kappa shape index (κ1) is 15.4. The second-order valence-electron chi connectivity index (χ2n) is 6.03. The van der Waals surface area contributed by atoms with Gasteiger partial charge in [-0.15, -0.1) is 0 Å². The highest BCUT2D eigenvalue weighted by Crippen LogP contribution is 2.28. The first-order valence-electron chi connectivity index (χ1n) is 8.24. The molecule has 126 valence electrons. The average Bonchev–Trinajstić information content (AvgIpc) is 3.19. The lowest BCUT2D eigenvalue weighted by Gasteiger charge is -2.31. The van der Waals surface area contributed by atoms with Crippen molar-refractivity contribution in [1.29, 1.82) is 0 Å². The van der Waals surface area contributed by atoms with Crippen LogP contribution in [0.5, 0.6) is 0 Å². The maximum atomic E-state index is 12.6. The normalized spacial score (nSPS) is 17.4. The van der Waals surface area contributed by atoms with E-state index in [0.29, 0.717) is 23.8 Å². The number of hydrogen-bond donors (Lipinski definition) is 0. The molecular weight excluding hydrogens is 318 g/mol. The predicted molar refractivity (Wildman–Crippen MR) is 89.6 cm³/mol. The van der Waals surface area contributed by atoms with Crippen LogP contribution in [-0.4, -0.2) is 44.0 Å². The molecule has 1 fully saturated rings. The highest BCUT2D eigenvalue weighted by molar-refractivity contribution is 5.93. The van der Waals surface area contributed by atoms with Crippen molar-refractivity contribution in [3.05, 3.63) is 60.5 Å². The molecule has 4 heterocycles. The Morgan fingerprint density at radius 3 is 2.76 bits per heavy atom. The predicted octanol–water partition coefficient (Wildman–Crippen LogP) is 2.55. The molecule has 0 bridgehead atoms. The topological polar surface area (TPSA) is 85.0 Å². The molecule has 0 aliphatic carbocycles. The minimum atomic E-state index is -0.00945. The Labute approximate surface area is 144 Å². The van der Waals surface area contributed by atoms with Crippen LogP contribution in [0.4, 0.5) is 0 Å². The van der Waals surface area contributed by atoms with Crippen LogP contribution in [0.3, 0.4) is 0 Å². The van der Waals surface area contributed by atoms with Gasteiger partial charge in [0.2, 0.25) is 11.7 Å². The lowest BCUT2D eigenvalue weighted by atomic mass is 9.97. The molecule has 3 aromatic heterocycles. The molecule has 0 radical (unpaired) electrons. The fourth-order valence-corrected chi connectivity index (χ4v) is 3.05. The van der Waals surface area contributed by atoms with Crippen LogP contribution in [0.2, 0.25) is 0 Å². The fourth-order valence-electron chi connectivity index (χ4n) is 3.05. The van der Waals surface area contributed by atoms with Crippen LogP contribution in [0.25, 0.3) is 11.4 Å². The van der Waals surface area contributed by atoms with Gasteiger partial charge in [-0.05, 0) is 37.1 Å². The number of carbonyl (C=O) groups excluding carboxylic acids is 1. The molecular formula is C18H17N5O2. The highest BCUT2D eigenvalue weighted by Gasteiger charge is 2.29. The Hall–Kier alpha value is -3.09. The van der Waals surface area contributed by atoms with E-state index in [1.165, 1.54) is 0 Å². The Morgan fingerprint density at radius 1 is 1.16 bits per heavy atom. The summed E-state index contributed by atoms with van der Waals surface area (Å²) in [6, 6.07) is 7.28. The van der Waals surface area contributed by atoms with Gasteiger partial charge in [-0.3, -0.25) is 14.8 Å². The molecule has 25 heavy (non-hydrogen) atoms. The van der Waals surface area contributed by atoms with Gasteiger partial charge in [0.1, 0.15) is 0 Å². The zero-order valence-corrected chi connectivity index (χ0v) is 13.6. The van der Waals surface area contributed by atoms with Gasteiger partial charge in [-0.2, -0.15) is 4.98 Å². The third-order valence-corrected chi connectivity index (χ3v) is 4.33. The molecule has 0 unspecified atom stereocenters. The van der Waals surface area contributed by atoms with Crippen LogP contribution < -0.4 is 0 Å². The fraction of sp³-hybridized carbons (Fsp3) is 0.278. The molecule has 1 amide bonds. The molecule has 1 saturated heterocycles. The summed E-state index contributed by atoms with van der Waals surface area (Å²) >= 11 is 0. The lowest BCUT2D eigenvalue weighted by molar-refractivity contribution is 0.0695. The van der Waals surface area contributed by atoms with Crippen LogP contribution in [0.15, 0.2) is 53.6 Å². The quantitative estimate of drug-likeness (QED) is 0.731. The van der Waals surface area contributed by atoms with E-state index in [0.717, 1.165) is 24.9 Å². The summed E-state index contributed by atoms with van der Waals surface area (Å²) in [5.41, 5.74) is 1.42. The Bertz CT molecular complexity index is 850. The third kappa shape index (κ3) is 3.26. The SMILES string of the molecule is O=C(c1cccnc1)N1CCC[C@@H](c2nc(-c3cccnc3)no2)C1. The Balaban J connectivity index is 1.50. The van der Waals surface area contributed by atoms with Crippen molar-refractivity contribution < 1.29 is 9.32 Å². The van der Waals surface area contributed by atoms with Crippen molar-refractivity contribution in [2.24, 2.45) is 0 Å². The first-order chi connectivity index (χ1) is 12.3. The zero-order chi connectivity index (χ0) is 17.1. The van der Waals surface area contributed by atoms with Crippen molar-refractivity contribution in [1.82, 2.24) is 25.0 Å². The zero-order valence-electron chi connectivity index (χ0n) is 13.6. The van der Waals surface area contributed by atoms with E-state index >= 15 is 0 Å². The van der Waals surface area contributed by atoms with Gasteiger partial charge in [0.05, 0.1) is 11.5 Å². The third-order valence-electron chi connectivity index (χ3n) is 4.33. The Kier molecular flexibility index (Phi) is 4.20. The molecule has 1 atom stereocenters. The van der Waals surface area contributed by atoms with Gasteiger partial charge >= 0.3 is 0 Å². The largest absolute Gasteiger partial charge is 0.339 e. The molecule has 1 aliphatic rings. The summed E-state index contributed by atoms with van der Waals surface area (Å²) in [5, 5.41) is 4.05. The molecule has 0 aromatic carbocycles. The van der Waals surface area contributed by atoms with Gasteiger partial charge in [-0.1, -0.05) is 5.16 Å². The van der Waals surface area contributed by atoms with E-state index in [9.17, 15) is 4.79 Å². The van der Waals surface area contributed by atoms with Crippen LogP contribution in [-0.2, 0) is 0 Å². The van der Waals surface area contributed by atoms with E-state index in [1.54, 1.807) is 36.9 Å². The Morgan fingerprint density at radius 2 is 2.00 bits per heavy atom. The number of likely N-dealkylation sites (tertiary alicyclic amines) is 1. The molecule has 0 saturated carbocycles. The summed E-state index contributed by atoms with van der Waals surface area (Å²) in [7, 11) is 0. The minimum Gasteiger partial charge on any atom is -0.339 e. The van der Waals surface area contributed by atoms with Gasteiger partial charge < -0.3 is 9.42 Å². The monoisotopic (exact) mass is 335 g/mol. The second kappa shape index (κ2) is 6.80. The van der Waals surface area contributed by atoms with Crippen molar-refractivity contribution in [2.45, 2.75) is 18.8 Å². The summed E-state index contributed by atoms with van der Waals surface area (Å²) in [6.07, 6.45) is 8.49. The number of rotatable bonds is 3. The number of pyridine rings is 2. The molecule has 7 heteroatoms. The number of amides is 1. The number of piperidine rings is 1. The summed E-state index contributed by atoms with van der Waals surface area (Å²) < 4.78 is 5.45. The number of nitrogens with zero attached hydrogens (tertiary/aromatic N) is 5. The number of aromatic nitrogens is 4. The van der Waals surface area contributed by atoms with E-state index < -0.39 is 0 Å². The van der Waals surface area contributed by atoms with Gasteiger partial charge in [0, 0.05) is 43.4 Å². The van der Waals surface area contributed by atoms with Crippen LogP contribution in [0.1, 0.15) is 35.0 Å². The molecule has 0 N–H and O–H groups in total. The smallest absolute Gasteiger partial charge is 0.255 e. The molecule has 3 aromatic rings. The van der Waals surface area contributed by atoms with Gasteiger partial charge in [-0.25, -0.2) is 0 Å². The van der Waals surface area contributed by atoms with Gasteiger partial charge in [0.25, 0.3) is 5.91 Å². The summed E-state index contributed by atoms with van der Waals surface area (Å²) in [6.45, 7) is 1.30. The lowest BCUT2D eigenvalue weighted by Crippen LogP contribution is -2.39. The maximum Gasteiger partial charge on any atom is 0.255 e. The van der Waals surface area contributed by atoms with E-state index in [2.05, 4.69) is 20.1 Å². The summed E-state index contributed by atoms with van der Waals surface area (Å²) in [5.74, 6) is 1.14. The maximum absolute atomic E-state index is 12.6.